The lowest BCUT2D eigenvalue weighted by atomic mass is 9.81. The first-order chi connectivity index (χ1) is 13.8. The number of rotatable bonds is 10. The zero-order valence-electron chi connectivity index (χ0n) is 15.9. The molecule has 0 unspecified atom stereocenters. The van der Waals surface area contributed by atoms with Crippen molar-refractivity contribution in [2.75, 3.05) is 6.61 Å². The molecule has 30 heavy (non-hydrogen) atoms. The van der Waals surface area contributed by atoms with Gasteiger partial charge in [0.25, 0.3) is 0 Å². The molecule has 2 rings (SSSR count). The Kier molecular flexibility index (Phi) is 7.55. The van der Waals surface area contributed by atoms with Crippen LogP contribution in [0.5, 0.6) is 0 Å². The van der Waals surface area contributed by atoms with Crippen LogP contribution in [0.15, 0.2) is 21.2 Å². The Bertz CT molecular complexity index is 918. The number of halogens is 1. The van der Waals surface area contributed by atoms with Crippen LogP contribution in [-0.2, 0) is 38.7 Å². The number of β-lactam (4-membered cyclic amide) rings is 1. The molecule has 2 heterocycles. The van der Waals surface area contributed by atoms with Crippen LogP contribution in [0.25, 0.3) is 0 Å². The highest BCUT2D eigenvalue weighted by molar-refractivity contribution is 8.08. The Labute approximate surface area is 181 Å². The van der Waals surface area contributed by atoms with Gasteiger partial charge in [-0.1, -0.05) is 23.4 Å². The molecule has 12 nitrogen and oxygen atoms in total. The van der Waals surface area contributed by atoms with Crippen molar-refractivity contribution in [1.29, 1.82) is 0 Å². The lowest BCUT2D eigenvalue weighted by Gasteiger charge is -2.48. The number of hydrogen-bond donors (Lipinski definition) is 3. The number of carboxylic acid groups (broad SMARTS) is 1. The molecule has 2 aliphatic heterocycles. The summed E-state index contributed by atoms with van der Waals surface area (Å²) in [5.41, 5.74) is -0.341. The second-order valence-electron chi connectivity index (χ2n) is 6.30. The largest absolute Gasteiger partial charge is 0.477 e. The monoisotopic (exact) mass is 486 g/mol. The van der Waals surface area contributed by atoms with Crippen LogP contribution >= 0.6 is 23.4 Å². The molecular weight excluding hydrogens is 468 g/mol. The lowest BCUT2D eigenvalue weighted by Crippen LogP contribution is -2.67. The topological polar surface area (TPSA) is 169 Å². The molecule has 3 atom stereocenters. The highest BCUT2D eigenvalue weighted by Crippen LogP contribution is 2.52. The number of aliphatic carboxylic acids is 1. The predicted octanol–water partition coefficient (Wildman–Crippen LogP) is 0.924. The molecule has 0 aromatic rings. The zero-order chi connectivity index (χ0) is 22.9. The minimum atomic E-state index is -5.04. The molecule has 168 valence electrons. The van der Waals surface area contributed by atoms with Crippen LogP contribution in [0.4, 0.5) is 0 Å². The summed E-state index contributed by atoms with van der Waals surface area (Å²) >= 11 is 6.82. The maximum Gasteiger partial charge on any atom is 0.400 e. The molecule has 1 fully saturated rings. The van der Waals surface area contributed by atoms with Crippen molar-refractivity contribution < 1.29 is 46.4 Å². The van der Waals surface area contributed by atoms with E-state index in [1.54, 1.807) is 0 Å². The van der Waals surface area contributed by atoms with E-state index in [1.165, 1.54) is 20.0 Å². The van der Waals surface area contributed by atoms with Crippen LogP contribution in [0.1, 0.15) is 27.2 Å². The predicted molar refractivity (Wildman–Crippen MR) is 102 cm³/mol. The van der Waals surface area contributed by atoms with Crippen LogP contribution in [0.3, 0.4) is 0 Å². The fraction of sp³-hybridized carbons (Fsp3) is 0.533. The fourth-order valence-corrected chi connectivity index (χ4v) is 4.92. The number of nitrogens with zero attached hydrogens (tertiary/aromatic N) is 1. The van der Waals surface area contributed by atoms with E-state index >= 15 is 0 Å². The molecule has 0 spiro atoms. The van der Waals surface area contributed by atoms with Crippen molar-refractivity contribution in [3.63, 3.8) is 0 Å². The van der Waals surface area contributed by atoms with E-state index in [1.807, 2.05) is 0 Å². The van der Waals surface area contributed by atoms with E-state index in [2.05, 4.69) is 9.50 Å². The summed E-state index contributed by atoms with van der Waals surface area (Å²) in [5, 5.41) is 11.9. The Balaban J connectivity index is 2.32. The van der Waals surface area contributed by atoms with Crippen molar-refractivity contribution in [3.8, 4) is 0 Å². The van der Waals surface area contributed by atoms with E-state index in [9.17, 15) is 27.9 Å². The number of hydrogen-bond acceptors (Lipinski definition) is 9. The summed E-state index contributed by atoms with van der Waals surface area (Å²) in [7, 11) is -5.04. The molecule has 0 aromatic heterocycles. The Morgan fingerprint density at radius 2 is 2.10 bits per heavy atom. The van der Waals surface area contributed by atoms with Gasteiger partial charge in [0, 0.05) is 24.4 Å². The number of carbonyl (C=O) groups excluding carboxylic acids is 2. The number of amides is 2. The standard InChI is InChI=1S/C15H19ClN2O10S2/c1-4-26-27-15(3,28-30(23,24)25)11-8-5-9(29-10(16)6-17-7(2)19)12(14(21)22)18(8)13(11)20/h6,8,11H,4-5H2,1-3H3,(H,17,19)(H,21,22)(H,23,24,25)/t8-,11+,15+/m1/s1. The van der Waals surface area contributed by atoms with E-state index in [4.69, 9.17) is 25.9 Å². The number of fused-ring (bicyclic) bond motifs is 1. The summed E-state index contributed by atoms with van der Waals surface area (Å²) in [6.07, 6.45) is 1.15. The number of carboxylic acids is 1. The smallest absolute Gasteiger partial charge is 0.400 e. The van der Waals surface area contributed by atoms with Crippen molar-refractivity contribution in [2.45, 2.75) is 39.0 Å². The van der Waals surface area contributed by atoms with Crippen molar-refractivity contribution >= 4 is 51.5 Å². The molecular formula is C15H19ClN2O10S2. The van der Waals surface area contributed by atoms with Crippen LogP contribution in [-0.4, -0.2) is 59.2 Å². The van der Waals surface area contributed by atoms with Gasteiger partial charge < -0.3 is 15.3 Å². The van der Waals surface area contributed by atoms with Gasteiger partial charge in [-0.3, -0.25) is 14.1 Å². The summed E-state index contributed by atoms with van der Waals surface area (Å²) in [6, 6.07) is -0.858. The van der Waals surface area contributed by atoms with Gasteiger partial charge in [-0.05, 0) is 13.8 Å². The Hall–Kier alpha value is -1.68. The second-order valence-corrected chi connectivity index (χ2v) is 9.09. The second kappa shape index (κ2) is 9.21. The van der Waals surface area contributed by atoms with Crippen molar-refractivity contribution in [1.82, 2.24) is 10.2 Å². The zero-order valence-corrected chi connectivity index (χ0v) is 18.3. The molecule has 15 heteroatoms. The van der Waals surface area contributed by atoms with Gasteiger partial charge in [-0.25, -0.2) is 13.9 Å². The molecule has 2 aliphatic rings. The minimum absolute atomic E-state index is 0.0211. The molecule has 0 aliphatic carbocycles. The van der Waals surface area contributed by atoms with Crippen LogP contribution in [0, 0.1) is 5.92 Å². The van der Waals surface area contributed by atoms with Gasteiger partial charge in [0.15, 0.2) is 0 Å². The van der Waals surface area contributed by atoms with Crippen LogP contribution in [0.2, 0.25) is 0 Å². The van der Waals surface area contributed by atoms with Crippen molar-refractivity contribution in [3.05, 3.63) is 21.2 Å². The molecule has 0 saturated carbocycles. The molecule has 1 saturated heterocycles. The normalized spacial score (nSPS) is 23.7. The molecule has 2 amide bonds. The van der Waals surface area contributed by atoms with E-state index in [0.29, 0.717) is 0 Å². The summed E-state index contributed by atoms with van der Waals surface area (Å²) < 4.78 is 36.2. The van der Waals surface area contributed by atoms with Crippen molar-refractivity contribution in [2.24, 2.45) is 5.92 Å². The van der Waals surface area contributed by atoms with Gasteiger partial charge in [0.1, 0.15) is 11.6 Å². The fourth-order valence-electron chi connectivity index (χ4n) is 3.15. The molecule has 0 radical (unpaired) electrons. The SMILES string of the molecule is CCOO[C@@](C)(OS(=O)(=O)O)[C@@H]1C(=O)N2C(C(=O)O)=C(SC(Cl)=CNC(C)=O)C[C@H]12. The highest BCUT2D eigenvalue weighted by atomic mass is 35.5. The number of carbonyl (C=O) groups is 3. The first-order valence-corrected chi connectivity index (χ1v) is 11.0. The average molecular weight is 487 g/mol. The lowest BCUT2D eigenvalue weighted by molar-refractivity contribution is -0.420. The van der Waals surface area contributed by atoms with E-state index < -0.39 is 45.9 Å². The third kappa shape index (κ3) is 5.32. The van der Waals surface area contributed by atoms with E-state index in [0.717, 1.165) is 23.6 Å². The summed E-state index contributed by atoms with van der Waals surface area (Å²) in [6.45, 7) is 3.83. The molecule has 3 N–H and O–H groups in total. The Morgan fingerprint density at radius 3 is 2.60 bits per heavy atom. The third-order valence-corrected chi connectivity index (χ3v) is 5.91. The van der Waals surface area contributed by atoms with Gasteiger partial charge in [-0.15, -0.1) is 0 Å². The first kappa shape index (κ1) is 24.6. The molecule has 0 bridgehead atoms. The van der Waals surface area contributed by atoms with Crippen LogP contribution < -0.4 is 5.32 Å². The maximum atomic E-state index is 12.7. The minimum Gasteiger partial charge on any atom is -0.477 e. The van der Waals surface area contributed by atoms with Gasteiger partial charge in [0.2, 0.25) is 17.6 Å². The number of thioether (sulfide) groups is 1. The molecule has 0 aromatic carbocycles. The first-order valence-electron chi connectivity index (χ1n) is 8.39. The third-order valence-electron chi connectivity index (χ3n) is 4.11. The summed E-state index contributed by atoms with van der Waals surface area (Å²) in [5.74, 6) is -6.16. The van der Waals surface area contributed by atoms with E-state index in [-0.39, 0.29) is 28.0 Å². The van der Waals surface area contributed by atoms with Gasteiger partial charge >= 0.3 is 16.4 Å². The average Bonchev–Trinajstić information content (AvgIpc) is 2.90. The van der Waals surface area contributed by atoms with Gasteiger partial charge in [0.05, 0.1) is 17.0 Å². The number of nitrogens with one attached hydrogen (secondary N) is 1. The quantitative estimate of drug-likeness (QED) is 0.132. The summed E-state index contributed by atoms with van der Waals surface area (Å²) in [4.78, 5) is 46.3. The maximum absolute atomic E-state index is 12.7. The highest BCUT2D eigenvalue weighted by Gasteiger charge is 2.64. The van der Waals surface area contributed by atoms with Gasteiger partial charge in [-0.2, -0.15) is 13.3 Å². The Morgan fingerprint density at radius 1 is 1.47 bits per heavy atom.